The number of ether oxygens (including phenoxy) is 2. The van der Waals surface area contributed by atoms with E-state index in [-0.39, 0.29) is 24.3 Å². The second-order valence-electron chi connectivity index (χ2n) is 9.11. The minimum atomic E-state index is -0.523. The highest BCUT2D eigenvalue weighted by Crippen LogP contribution is 2.28. The molecule has 1 N–H and O–H groups in total. The summed E-state index contributed by atoms with van der Waals surface area (Å²) in [7, 11) is 3.19. The van der Waals surface area contributed by atoms with Crippen molar-refractivity contribution in [3.8, 4) is 11.5 Å². The van der Waals surface area contributed by atoms with E-state index in [9.17, 15) is 9.59 Å². The molecule has 1 aliphatic rings. The van der Waals surface area contributed by atoms with Crippen molar-refractivity contribution in [2.45, 2.75) is 76.9 Å². The van der Waals surface area contributed by atoms with E-state index >= 15 is 0 Å². The smallest absolute Gasteiger partial charge is 0.243 e. The van der Waals surface area contributed by atoms with E-state index in [4.69, 9.17) is 21.1 Å². The molecule has 6 nitrogen and oxygen atoms in total. The second kappa shape index (κ2) is 13.4. The Kier molecular flexibility index (Phi) is 10.3. The fourth-order valence-electron chi connectivity index (χ4n) is 4.68. The Morgan fingerprint density at radius 3 is 2.29 bits per heavy atom. The van der Waals surface area contributed by atoms with E-state index in [2.05, 4.69) is 5.32 Å². The van der Waals surface area contributed by atoms with Crippen molar-refractivity contribution in [2.75, 3.05) is 14.2 Å². The molecule has 0 unspecified atom stereocenters. The lowest BCUT2D eigenvalue weighted by atomic mass is 9.95. The average molecular weight is 501 g/mol. The molecule has 0 radical (unpaired) electrons. The summed E-state index contributed by atoms with van der Waals surface area (Å²) in [5.74, 6) is 1.17. The van der Waals surface area contributed by atoms with Gasteiger partial charge >= 0.3 is 0 Å². The minimum absolute atomic E-state index is 0.0552. The van der Waals surface area contributed by atoms with Crippen LogP contribution in [-0.4, -0.2) is 43.0 Å². The van der Waals surface area contributed by atoms with Crippen LogP contribution in [0.4, 0.5) is 0 Å². The fraction of sp³-hybridized carbons (Fsp3) is 0.500. The van der Waals surface area contributed by atoms with Crippen LogP contribution in [0.1, 0.15) is 63.0 Å². The van der Waals surface area contributed by atoms with Crippen LogP contribution in [0.5, 0.6) is 11.5 Å². The fourth-order valence-corrected chi connectivity index (χ4v) is 4.81. The third kappa shape index (κ3) is 7.63. The summed E-state index contributed by atoms with van der Waals surface area (Å²) in [6.07, 6.45) is 6.89. The van der Waals surface area contributed by atoms with Crippen molar-refractivity contribution < 1.29 is 19.1 Å². The number of nitrogens with zero attached hydrogens (tertiary/aromatic N) is 1. The Labute approximate surface area is 213 Å². The molecule has 1 aliphatic carbocycles. The van der Waals surface area contributed by atoms with E-state index in [0.29, 0.717) is 35.9 Å². The molecule has 1 fully saturated rings. The SMILES string of the molecule is CC[C@@H](C(=O)NC1CCCCC1)N(Cc1ccc(Cl)cc1)C(=O)CCc1ccc(OC)c(OC)c1. The van der Waals surface area contributed by atoms with Gasteiger partial charge in [-0.05, 0) is 61.1 Å². The summed E-state index contributed by atoms with van der Waals surface area (Å²) in [5, 5.41) is 3.86. The lowest BCUT2D eigenvalue weighted by Crippen LogP contribution is -2.51. The maximum Gasteiger partial charge on any atom is 0.243 e. The van der Waals surface area contributed by atoms with Crippen molar-refractivity contribution in [1.29, 1.82) is 0 Å². The van der Waals surface area contributed by atoms with Gasteiger partial charge in [-0.3, -0.25) is 9.59 Å². The third-order valence-electron chi connectivity index (χ3n) is 6.68. The van der Waals surface area contributed by atoms with Gasteiger partial charge in [0.2, 0.25) is 11.8 Å². The van der Waals surface area contributed by atoms with E-state index in [1.54, 1.807) is 19.1 Å². The number of amides is 2. The van der Waals surface area contributed by atoms with Crippen LogP contribution in [0.25, 0.3) is 0 Å². The van der Waals surface area contributed by atoms with Gasteiger partial charge in [-0.1, -0.05) is 56.0 Å². The van der Waals surface area contributed by atoms with Crippen molar-refractivity contribution in [3.05, 3.63) is 58.6 Å². The number of hydrogen-bond donors (Lipinski definition) is 1. The predicted molar refractivity (Wildman–Crippen MR) is 139 cm³/mol. The molecule has 0 aromatic heterocycles. The minimum Gasteiger partial charge on any atom is -0.493 e. The number of benzene rings is 2. The van der Waals surface area contributed by atoms with Crippen LogP contribution >= 0.6 is 11.6 Å². The van der Waals surface area contributed by atoms with Gasteiger partial charge in [-0.2, -0.15) is 0 Å². The van der Waals surface area contributed by atoms with Gasteiger partial charge in [0.1, 0.15) is 6.04 Å². The predicted octanol–water partition coefficient (Wildman–Crippen LogP) is 5.55. The molecule has 2 aromatic carbocycles. The number of carbonyl (C=O) groups excluding carboxylic acids is 2. The quantitative estimate of drug-likeness (QED) is 0.439. The Morgan fingerprint density at radius 2 is 1.66 bits per heavy atom. The molecule has 1 saturated carbocycles. The van der Waals surface area contributed by atoms with Gasteiger partial charge < -0.3 is 19.7 Å². The highest BCUT2D eigenvalue weighted by atomic mass is 35.5. The summed E-state index contributed by atoms with van der Waals surface area (Å²) >= 11 is 6.06. The molecule has 0 bridgehead atoms. The standard InChI is InChI=1S/C28H37ClN2O4/c1-4-24(28(33)30-23-8-6-5-7-9-23)31(19-21-10-14-22(29)15-11-21)27(32)17-13-20-12-16-25(34-2)26(18-20)35-3/h10-12,14-16,18,23-24H,4-9,13,17,19H2,1-3H3,(H,30,33)/t24-/m0/s1. The van der Waals surface area contributed by atoms with Crippen LogP contribution < -0.4 is 14.8 Å². The summed E-state index contributed by atoms with van der Waals surface area (Å²) in [6.45, 7) is 2.32. The van der Waals surface area contributed by atoms with E-state index in [1.807, 2.05) is 49.4 Å². The highest BCUT2D eigenvalue weighted by Gasteiger charge is 2.30. The summed E-state index contributed by atoms with van der Waals surface area (Å²) in [6, 6.07) is 12.8. The van der Waals surface area contributed by atoms with Crippen molar-refractivity contribution in [3.63, 3.8) is 0 Å². The lowest BCUT2D eigenvalue weighted by Gasteiger charge is -2.33. The van der Waals surface area contributed by atoms with E-state index < -0.39 is 6.04 Å². The van der Waals surface area contributed by atoms with Gasteiger partial charge in [0.05, 0.1) is 14.2 Å². The third-order valence-corrected chi connectivity index (χ3v) is 6.93. The van der Waals surface area contributed by atoms with Crippen LogP contribution in [0.15, 0.2) is 42.5 Å². The Morgan fingerprint density at radius 1 is 1.00 bits per heavy atom. The molecule has 1 atom stereocenters. The first kappa shape index (κ1) is 26.9. The molecule has 0 saturated heterocycles. The number of rotatable bonds is 11. The van der Waals surface area contributed by atoms with Crippen LogP contribution in [0.2, 0.25) is 5.02 Å². The molecule has 190 valence electrons. The highest BCUT2D eigenvalue weighted by molar-refractivity contribution is 6.30. The number of methoxy groups -OCH3 is 2. The maximum absolute atomic E-state index is 13.5. The maximum atomic E-state index is 13.5. The number of nitrogens with one attached hydrogen (secondary N) is 1. The van der Waals surface area contributed by atoms with Crippen molar-refractivity contribution >= 4 is 23.4 Å². The molecular weight excluding hydrogens is 464 g/mol. The number of carbonyl (C=O) groups is 2. The van der Waals surface area contributed by atoms with Gasteiger partial charge in [0, 0.05) is 24.0 Å². The zero-order chi connectivity index (χ0) is 25.2. The molecule has 0 aliphatic heterocycles. The van der Waals surface area contributed by atoms with Gasteiger partial charge in [-0.25, -0.2) is 0 Å². The molecular formula is C28H37ClN2O4. The van der Waals surface area contributed by atoms with Gasteiger partial charge in [0.25, 0.3) is 0 Å². The zero-order valence-electron chi connectivity index (χ0n) is 21.0. The van der Waals surface area contributed by atoms with Crippen LogP contribution in [0.3, 0.4) is 0 Å². The molecule has 2 aromatic rings. The summed E-state index contributed by atoms with van der Waals surface area (Å²) in [5.41, 5.74) is 1.92. The van der Waals surface area contributed by atoms with Gasteiger partial charge in [-0.15, -0.1) is 0 Å². The van der Waals surface area contributed by atoms with E-state index in [1.165, 1.54) is 6.42 Å². The normalized spacial score (nSPS) is 14.7. The van der Waals surface area contributed by atoms with Crippen molar-refractivity contribution in [1.82, 2.24) is 10.2 Å². The van der Waals surface area contributed by atoms with E-state index in [0.717, 1.165) is 36.8 Å². The largest absolute Gasteiger partial charge is 0.493 e. The topological polar surface area (TPSA) is 67.9 Å². The van der Waals surface area contributed by atoms with Crippen LogP contribution in [0, 0.1) is 0 Å². The molecule has 3 rings (SSSR count). The number of aryl methyl sites for hydroxylation is 1. The first-order valence-electron chi connectivity index (χ1n) is 12.5. The first-order valence-corrected chi connectivity index (χ1v) is 12.9. The molecule has 0 heterocycles. The molecule has 2 amide bonds. The molecule has 35 heavy (non-hydrogen) atoms. The van der Waals surface area contributed by atoms with Crippen LogP contribution in [-0.2, 0) is 22.6 Å². The zero-order valence-corrected chi connectivity index (χ0v) is 21.8. The summed E-state index contributed by atoms with van der Waals surface area (Å²) < 4.78 is 10.7. The average Bonchev–Trinajstić information content (AvgIpc) is 2.88. The number of halogens is 1. The Balaban J connectivity index is 1.76. The Bertz CT molecular complexity index is 973. The molecule has 0 spiro atoms. The monoisotopic (exact) mass is 500 g/mol. The second-order valence-corrected chi connectivity index (χ2v) is 9.54. The molecule has 7 heteroatoms. The lowest BCUT2D eigenvalue weighted by molar-refractivity contribution is -0.141. The Hall–Kier alpha value is -2.73. The number of hydrogen-bond acceptors (Lipinski definition) is 4. The summed E-state index contributed by atoms with van der Waals surface area (Å²) in [4.78, 5) is 28.6. The first-order chi connectivity index (χ1) is 16.9. The van der Waals surface area contributed by atoms with Crippen molar-refractivity contribution in [2.24, 2.45) is 0 Å². The van der Waals surface area contributed by atoms with Gasteiger partial charge in [0.15, 0.2) is 11.5 Å².